The molecule has 2 aromatic rings. The number of rotatable bonds is 0. The predicted octanol–water partition coefficient (Wildman–Crippen LogP) is 2.04. The summed E-state index contributed by atoms with van der Waals surface area (Å²) in [6, 6.07) is 5.70. The van der Waals surface area contributed by atoms with Crippen molar-refractivity contribution in [2.75, 3.05) is 0 Å². The van der Waals surface area contributed by atoms with Crippen LogP contribution in [0.1, 0.15) is 0 Å². The molecule has 0 aromatic carbocycles. The standard InChI is InChI=1S/C6H4OS/c7-5-3-4-1-2-6(5)8-4/h1-3,7H. The molecule has 0 spiro atoms. The predicted molar refractivity (Wildman–Crippen MR) is 34.7 cm³/mol. The molecule has 2 heteroatoms. The van der Waals surface area contributed by atoms with E-state index in [1.54, 1.807) is 17.4 Å². The van der Waals surface area contributed by atoms with Gasteiger partial charge in [-0.2, -0.15) is 0 Å². The normalized spacial score (nSPS) is 11.0. The van der Waals surface area contributed by atoms with Gasteiger partial charge < -0.3 is 5.11 Å². The van der Waals surface area contributed by atoms with Crippen molar-refractivity contribution in [1.29, 1.82) is 0 Å². The van der Waals surface area contributed by atoms with Gasteiger partial charge in [0.25, 0.3) is 0 Å². The third-order valence-electron chi connectivity index (χ3n) is 1.16. The fourth-order valence-electron chi connectivity index (χ4n) is 0.774. The van der Waals surface area contributed by atoms with Crippen LogP contribution in [0.4, 0.5) is 0 Å². The first-order valence-corrected chi connectivity index (χ1v) is 3.19. The van der Waals surface area contributed by atoms with Crippen LogP contribution in [0.3, 0.4) is 0 Å². The van der Waals surface area contributed by atoms with Crippen LogP contribution in [0.15, 0.2) is 18.2 Å². The molecule has 0 amide bonds. The van der Waals surface area contributed by atoms with Crippen LogP contribution in [0, 0.1) is 0 Å². The topological polar surface area (TPSA) is 20.2 Å². The lowest BCUT2D eigenvalue weighted by Gasteiger charge is -1.79. The fraction of sp³-hybridized carbons (Fsp3) is 0. The SMILES string of the molecule is Oc1cc2ccc1s2. The Morgan fingerprint density at radius 3 is 2.50 bits per heavy atom. The summed E-state index contributed by atoms with van der Waals surface area (Å²) >= 11 is 1.62. The third kappa shape index (κ3) is 0.357. The summed E-state index contributed by atoms with van der Waals surface area (Å²) in [5.74, 6) is 0.424. The van der Waals surface area contributed by atoms with Gasteiger partial charge >= 0.3 is 0 Å². The Morgan fingerprint density at radius 2 is 2.25 bits per heavy atom. The lowest BCUT2D eigenvalue weighted by atomic mass is 10.3. The molecule has 8 heavy (non-hydrogen) atoms. The summed E-state index contributed by atoms with van der Waals surface area (Å²) in [4.78, 5) is 0. The van der Waals surface area contributed by atoms with Crippen molar-refractivity contribution in [2.45, 2.75) is 0 Å². The number of phenols is 1. The monoisotopic (exact) mass is 124 g/mol. The molecule has 0 saturated carbocycles. The van der Waals surface area contributed by atoms with E-state index in [1.807, 2.05) is 12.1 Å². The van der Waals surface area contributed by atoms with E-state index >= 15 is 0 Å². The molecule has 1 N–H and O–H groups in total. The summed E-state index contributed by atoms with van der Waals surface area (Å²) in [5, 5.41) is 8.95. The minimum absolute atomic E-state index is 0.424. The molecule has 0 unspecified atom stereocenters. The summed E-state index contributed by atoms with van der Waals surface area (Å²) in [5.41, 5.74) is 0. The number of aromatic hydroxyl groups is 1. The van der Waals surface area contributed by atoms with Crippen molar-refractivity contribution in [2.24, 2.45) is 0 Å². The summed E-state index contributed by atoms with van der Waals surface area (Å²) in [7, 11) is 0. The van der Waals surface area contributed by atoms with E-state index in [0.717, 1.165) is 9.40 Å². The number of hydrogen-bond donors (Lipinski definition) is 1. The number of benzene rings is 1. The maximum atomic E-state index is 8.95. The zero-order valence-electron chi connectivity index (χ0n) is 4.09. The molecule has 0 aliphatic rings. The number of phenolic OH excluding ortho intramolecular Hbond substituents is 1. The fourth-order valence-corrected chi connectivity index (χ4v) is 1.63. The van der Waals surface area contributed by atoms with Crippen LogP contribution in [0.5, 0.6) is 5.75 Å². The Bertz CT molecular complexity index is 286. The Labute approximate surface area is 50.5 Å². The van der Waals surface area contributed by atoms with Crippen molar-refractivity contribution in [3.05, 3.63) is 18.2 Å². The molecule has 2 heterocycles. The minimum Gasteiger partial charge on any atom is -0.506 e. The highest BCUT2D eigenvalue weighted by atomic mass is 32.1. The average Bonchev–Trinajstić information content (AvgIpc) is 2.23. The Kier molecular flexibility index (Phi) is 0.594. The second kappa shape index (κ2) is 1.14. The average molecular weight is 124 g/mol. The highest BCUT2D eigenvalue weighted by molar-refractivity contribution is 7.24. The summed E-state index contributed by atoms with van der Waals surface area (Å²) in [6.45, 7) is 0. The third-order valence-corrected chi connectivity index (χ3v) is 2.21. The molecule has 0 fully saturated rings. The second-order valence-electron chi connectivity index (χ2n) is 1.73. The van der Waals surface area contributed by atoms with Crippen LogP contribution in [0.25, 0.3) is 9.40 Å². The molecule has 0 aliphatic heterocycles. The largest absolute Gasteiger partial charge is 0.506 e. The summed E-state index contributed by atoms with van der Waals surface area (Å²) < 4.78 is 2.14. The molecule has 40 valence electrons. The second-order valence-corrected chi connectivity index (χ2v) is 2.85. The number of fused-ring (bicyclic) bond motifs is 2. The molecular formula is C6H4OS. The molecule has 0 aliphatic carbocycles. The van der Waals surface area contributed by atoms with E-state index in [-0.39, 0.29) is 0 Å². The molecular weight excluding hydrogens is 120 g/mol. The van der Waals surface area contributed by atoms with Crippen molar-refractivity contribution < 1.29 is 5.11 Å². The van der Waals surface area contributed by atoms with Crippen molar-refractivity contribution in [3.8, 4) is 5.75 Å². The molecule has 2 bridgehead atoms. The molecule has 0 radical (unpaired) electrons. The first kappa shape index (κ1) is 4.15. The van der Waals surface area contributed by atoms with Crippen LogP contribution >= 0.6 is 11.3 Å². The van der Waals surface area contributed by atoms with Gasteiger partial charge in [-0.3, -0.25) is 0 Å². The van der Waals surface area contributed by atoms with Crippen molar-refractivity contribution in [1.82, 2.24) is 0 Å². The van der Waals surface area contributed by atoms with Crippen LogP contribution < -0.4 is 0 Å². The smallest absolute Gasteiger partial charge is 0.134 e. The molecule has 0 saturated heterocycles. The van der Waals surface area contributed by atoms with Gasteiger partial charge in [-0.05, 0) is 18.2 Å². The van der Waals surface area contributed by atoms with Gasteiger partial charge in [-0.1, -0.05) is 0 Å². The molecule has 1 nitrogen and oxygen atoms in total. The Hall–Kier alpha value is -0.760. The summed E-state index contributed by atoms with van der Waals surface area (Å²) in [6.07, 6.45) is 0. The first-order chi connectivity index (χ1) is 3.86. The van der Waals surface area contributed by atoms with E-state index in [9.17, 15) is 0 Å². The molecule has 0 atom stereocenters. The lowest BCUT2D eigenvalue weighted by molar-refractivity contribution is 0.483. The number of hydrogen-bond acceptors (Lipinski definition) is 2. The van der Waals surface area contributed by atoms with Crippen LogP contribution in [-0.4, -0.2) is 5.11 Å². The van der Waals surface area contributed by atoms with Crippen LogP contribution in [0.2, 0.25) is 0 Å². The van der Waals surface area contributed by atoms with Gasteiger partial charge in [0, 0.05) is 4.70 Å². The Morgan fingerprint density at radius 1 is 1.38 bits per heavy atom. The van der Waals surface area contributed by atoms with Gasteiger partial charge in [-0.25, -0.2) is 0 Å². The Balaban J connectivity index is 3.02. The van der Waals surface area contributed by atoms with Gasteiger partial charge in [-0.15, -0.1) is 11.3 Å². The van der Waals surface area contributed by atoms with Gasteiger partial charge in [0.1, 0.15) is 5.75 Å². The van der Waals surface area contributed by atoms with Gasteiger partial charge in [0.15, 0.2) is 0 Å². The minimum atomic E-state index is 0.424. The molecule has 2 aromatic heterocycles. The van der Waals surface area contributed by atoms with E-state index < -0.39 is 0 Å². The maximum absolute atomic E-state index is 8.95. The van der Waals surface area contributed by atoms with E-state index in [4.69, 9.17) is 5.11 Å². The van der Waals surface area contributed by atoms with Gasteiger partial charge in [0.2, 0.25) is 0 Å². The van der Waals surface area contributed by atoms with Gasteiger partial charge in [0.05, 0.1) is 4.70 Å². The zero-order valence-corrected chi connectivity index (χ0v) is 4.90. The highest BCUT2D eigenvalue weighted by Crippen LogP contribution is 2.32. The zero-order chi connectivity index (χ0) is 5.56. The highest BCUT2D eigenvalue weighted by Gasteiger charge is 2.00. The van der Waals surface area contributed by atoms with E-state index in [0.29, 0.717) is 5.75 Å². The quantitative estimate of drug-likeness (QED) is 0.569. The maximum Gasteiger partial charge on any atom is 0.134 e. The molecule has 2 rings (SSSR count). The van der Waals surface area contributed by atoms with Crippen molar-refractivity contribution in [3.63, 3.8) is 0 Å². The lowest BCUT2D eigenvalue weighted by Crippen LogP contribution is -1.53. The van der Waals surface area contributed by atoms with Crippen LogP contribution in [-0.2, 0) is 0 Å². The first-order valence-electron chi connectivity index (χ1n) is 2.37. The number of thiophene rings is 2. The van der Waals surface area contributed by atoms with Crippen molar-refractivity contribution >= 4 is 20.7 Å². The van der Waals surface area contributed by atoms with E-state index in [1.165, 1.54) is 0 Å². The van der Waals surface area contributed by atoms with E-state index in [2.05, 4.69) is 0 Å².